The number of fused-ring (bicyclic) bond motifs is 2. The van der Waals surface area contributed by atoms with Crippen molar-refractivity contribution in [2.75, 3.05) is 10.6 Å². The molecule has 134 valence electrons. The lowest BCUT2D eigenvalue weighted by Gasteiger charge is -2.49. The molecule has 2 N–H and O–H groups in total. The minimum absolute atomic E-state index is 0.345. The van der Waals surface area contributed by atoms with Gasteiger partial charge in [-0.2, -0.15) is 0 Å². The number of benzene rings is 1. The van der Waals surface area contributed by atoms with E-state index in [0.29, 0.717) is 0 Å². The van der Waals surface area contributed by atoms with Crippen LogP contribution in [0.3, 0.4) is 0 Å². The summed E-state index contributed by atoms with van der Waals surface area (Å²) in [6.45, 7) is 17.1. The van der Waals surface area contributed by atoms with Gasteiger partial charge in [0.2, 0.25) is 0 Å². The van der Waals surface area contributed by atoms with Gasteiger partial charge in [0.05, 0.1) is 11.2 Å². The SMILES string of the molecule is CCC1(C)Nc2cc3c(cc2C(C)(C)O1)C(C)(C)OC(C)(CC)N3. The van der Waals surface area contributed by atoms with E-state index in [-0.39, 0.29) is 22.7 Å². The Balaban J connectivity index is 2.16. The summed E-state index contributed by atoms with van der Waals surface area (Å²) in [7, 11) is 0. The predicted octanol–water partition coefficient (Wildman–Crippen LogP) is 5.29. The first-order valence-electron chi connectivity index (χ1n) is 9.09. The van der Waals surface area contributed by atoms with Crippen molar-refractivity contribution in [3.05, 3.63) is 23.3 Å². The first-order valence-corrected chi connectivity index (χ1v) is 9.09. The summed E-state index contributed by atoms with van der Waals surface area (Å²) in [6, 6.07) is 4.48. The molecule has 0 fully saturated rings. The van der Waals surface area contributed by atoms with Crippen molar-refractivity contribution in [2.45, 2.75) is 90.9 Å². The number of rotatable bonds is 2. The van der Waals surface area contributed by atoms with Crippen molar-refractivity contribution >= 4 is 11.4 Å². The molecule has 0 aliphatic carbocycles. The molecule has 4 nitrogen and oxygen atoms in total. The standard InChI is InChI=1S/C20H32N2O2/c1-9-19(7)21-15-12-16-14(11-13(15)17(3,4)23-19)18(5,6)24-20(8,10-2)22-16/h11-12,21-22H,9-10H2,1-8H3. The fourth-order valence-electron chi connectivity index (χ4n) is 3.98. The summed E-state index contributed by atoms with van der Waals surface area (Å²) in [5.41, 5.74) is 3.29. The van der Waals surface area contributed by atoms with Gasteiger partial charge >= 0.3 is 0 Å². The van der Waals surface area contributed by atoms with Crippen LogP contribution in [-0.4, -0.2) is 11.4 Å². The van der Waals surface area contributed by atoms with Crippen molar-refractivity contribution in [3.8, 4) is 0 Å². The average Bonchev–Trinajstić information content (AvgIpc) is 2.44. The molecule has 2 aliphatic heterocycles. The third-order valence-electron chi connectivity index (χ3n) is 5.56. The summed E-state index contributed by atoms with van der Waals surface area (Å²) in [5.74, 6) is 0. The molecule has 24 heavy (non-hydrogen) atoms. The molecule has 2 unspecified atom stereocenters. The van der Waals surface area contributed by atoms with E-state index in [4.69, 9.17) is 9.47 Å². The number of hydrogen-bond donors (Lipinski definition) is 2. The highest BCUT2D eigenvalue weighted by Gasteiger charge is 2.44. The summed E-state index contributed by atoms with van der Waals surface area (Å²) in [4.78, 5) is 0. The lowest BCUT2D eigenvalue weighted by molar-refractivity contribution is -0.134. The van der Waals surface area contributed by atoms with Crippen LogP contribution in [0.15, 0.2) is 12.1 Å². The maximum Gasteiger partial charge on any atom is 0.136 e. The van der Waals surface area contributed by atoms with E-state index in [9.17, 15) is 0 Å². The highest BCUT2D eigenvalue weighted by Crippen LogP contribution is 2.49. The Bertz CT molecular complexity index is 615. The third-order valence-corrected chi connectivity index (χ3v) is 5.56. The van der Waals surface area contributed by atoms with Crippen molar-refractivity contribution in [1.82, 2.24) is 0 Å². The quantitative estimate of drug-likeness (QED) is 0.772. The molecule has 2 aliphatic rings. The first-order chi connectivity index (χ1) is 10.9. The Morgan fingerprint density at radius 3 is 1.42 bits per heavy atom. The normalized spacial score (nSPS) is 33.0. The molecular formula is C20H32N2O2. The van der Waals surface area contributed by atoms with Crippen LogP contribution in [-0.2, 0) is 20.7 Å². The number of hydrogen-bond acceptors (Lipinski definition) is 4. The molecule has 4 heteroatoms. The summed E-state index contributed by atoms with van der Waals surface area (Å²) in [6.07, 6.45) is 1.81. The van der Waals surface area contributed by atoms with E-state index in [2.05, 4.69) is 78.2 Å². The maximum atomic E-state index is 6.39. The van der Waals surface area contributed by atoms with Gasteiger partial charge in [-0.1, -0.05) is 13.8 Å². The number of anilines is 2. The van der Waals surface area contributed by atoms with Crippen LogP contribution < -0.4 is 10.6 Å². The van der Waals surface area contributed by atoms with Gasteiger partial charge in [-0.25, -0.2) is 0 Å². The van der Waals surface area contributed by atoms with Gasteiger partial charge in [0.15, 0.2) is 0 Å². The second-order valence-electron chi connectivity index (χ2n) is 8.59. The van der Waals surface area contributed by atoms with E-state index < -0.39 is 0 Å². The predicted molar refractivity (Wildman–Crippen MR) is 99.3 cm³/mol. The molecule has 3 rings (SSSR count). The van der Waals surface area contributed by atoms with Crippen LogP contribution >= 0.6 is 0 Å². The molecule has 0 spiro atoms. The van der Waals surface area contributed by atoms with Gasteiger partial charge in [0, 0.05) is 22.5 Å². The van der Waals surface area contributed by atoms with Gasteiger partial charge in [-0.15, -0.1) is 0 Å². The van der Waals surface area contributed by atoms with Gasteiger partial charge in [0.1, 0.15) is 11.4 Å². The van der Waals surface area contributed by atoms with Crippen LogP contribution in [0.2, 0.25) is 0 Å². The minimum atomic E-state index is -0.348. The fraction of sp³-hybridized carbons (Fsp3) is 0.700. The van der Waals surface area contributed by atoms with E-state index >= 15 is 0 Å². The highest BCUT2D eigenvalue weighted by atomic mass is 16.5. The van der Waals surface area contributed by atoms with E-state index in [1.54, 1.807) is 0 Å². The minimum Gasteiger partial charge on any atom is -0.357 e. The Labute approximate surface area is 146 Å². The second-order valence-corrected chi connectivity index (χ2v) is 8.59. The third kappa shape index (κ3) is 2.70. The molecule has 1 aromatic rings. The highest BCUT2D eigenvalue weighted by molar-refractivity contribution is 5.70. The molecule has 0 amide bonds. The molecule has 0 bridgehead atoms. The topological polar surface area (TPSA) is 42.5 Å². The number of ether oxygens (including phenoxy) is 2. The first kappa shape index (κ1) is 17.6. The fourth-order valence-corrected chi connectivity index (χ4v) is 3.98. The van der Waals surface area contributed by atoms with Crippen molar-refractivity contribution in [1.29, 1.82) is 0 Å². The molecule has 2 heterocycles. The van der Waals surface area contributed by atoms with Crippen LogP contribution in [0.4, 0.5) is 11.4 Å². The Kier molecular flexibility index (Phi) is 3.75. The van der Waals surface area contributed by atoms with Crippen LogP contribution in [0.5, 0.6) is 0 Å². The van der Waals surface area contributed by atoms with E-state index in [1.165, 1.54) is 11.1 Å². The van der Waals surface area contributed by atoms with Crippen LogP contribution in [0, 0.1) is 0 Å². The lowest BCUT2D eigenvalue weighted by atomic mass is 9.84. The van der Waals surface area contributed by atoms with Gasteiger partial charge < -0.3 is 20.1 Å². The molecule has 0 saturated heterocycles. The molecular weight excluding hydrogens is 300 g/mol. The molecule has 1 aromatic carbocycles. The maximum absolute atomic E-state index is 6.39. The zero-order valence-electron chi connectivity index (χ0n) is 16.4. The second kappa shape index (κ2) is 5.12. The van der Waals surface area contributed by atoms with Crippen molar-refractivity contribution in [3.63, 3.8) is 0 Å². The van der Waals surface area contributed by atoms with Gasteiger partial charge in [-0.3, -0.25) is 0 Å². The number of nitrogens with one attached hydrogen (secondary N) is 2. The largest absolute Gasteiger partial charge is 0.357 e. The van der Waals surface area contributed by atoms with Gasteiger partial charge in [-0.05, 0) is 66.5 Å². The Hall–Kier alpha value is -1.26. The Morgan fingerprint density at radius 2 is 1.08 bits per heavy atom. The molecule has 0 radical (unpaired) electrons. The van der Waals surface area contributed by atoms with E-state index in [1.807, 2.05) is 0 Å². The zero-order valence-corrected chi connectivity index (χ0v) is 16.4. The van der Waals surface area contributed by atoms with E-state index in [0.717, 1.165) is 24.2 Å². The molecule has 0 aromatic heterocycles. The average molecular weight is 332 g/mol. The van der Waals surface area contributed by atoms with Crippen LogP contribution in [0.25, 0.3) is 0 Å². The van der Waals surface area contributed by atoms with Crippen molar-refractivity contribution < 1.29 is 9.47 Å². The zero-order chi connectivity index (χ0) is 18.0. The smallest absolute Gasteiger partial charge is 0.136 e. The summed E-state index contributed by atoms with van der Waals surface area (Å²) >= 11 is 0. The summed E-state index contributed by atoms with van der Waals surface area (Å²) < 4.78 is 12.8. The summed E-state index contributed by atoms with van der Waals surface area (Å²) in [5, 5.41) is 7.20. The van der Waals surface area contributed by atoms with Crippen molar-refractivity contribution in [2.24, 2.45) is 0 Å². The van der Waals surface area contributed by atoms with Crippen LogP contribution in [0.1, 0.15) is 79.4 Å². The monoisotopic (exact) mass is 332 g/mol. The molecule has 0 saturated carbocycles. The van der Waals surface area contributed by atoms with Gasteiger partial charge in [0.25, 0.3) is 0 Å². The Morgan fingerprint density at radius 1 is 0.708 bits per heavy atom. The lowest BCUT2D eigenvalue weighted by Crippen LogP contribution is -2.50. The molecule has 2 atom stereocenters.